The van der Waals surface area contributed by atoms with E-state index in [0.29, 0.717) is 5.69 Å². The molecule has 74 valence electrons. The van der Waals surface area contributed by atoms with Gasteiger partial charge in [-0.2, -0.15) is 0 Å². The van der Waals surface area contributed by atoms with Crippen molar-refractivity contribution in [3.63, 3.8) is 0 Å². The van der Waals surface area contributed by atoms with Gasteiger partial charge < -0.3 is 15.7 Å². The second-order valence-electron chi connectivity index (χ2n) is 2.65. The fourth-order valence-corrected chi connectivity index (χ4v) is 0.910. The van der Waals surface area contributed by atoms with E-state index < -0.39 is 0 Å². The third-order valence-electron chi connectivity index (χ3n) is 1.49. The lowest BCUT2D eigenvalue weighted by atomic mass is 10.3. The molecule has 4 heteroatoms. The molecule has 4 nitrogen and oxygen atoms in total. The zero-order chi connectivity index (χ0) is 10.4. The molecule has 1 aromatic carbocycles. The maximum atomic E-state index is 11.1. The van der Waals surface area contributed by atoms with Crippen LogP contribution in [-0.2, 0) is 0 Å². The summed E-state index contributed by atoms with van der Waals surface area (Å²) in [4.78, 5) is 11.1. The van der Waals surface area contributed by atoms with Crippen LogP contribution in [0.25, 0.3) is 0 Å². The van der Waals surface area contributed by atoms with Crippen LogP contribution in [-0.4, -0.2) is 11.1 Å². The van der Waals surface area contributed by atoms with E-state index in [-0.39, 0.29) is 11.8 Å². The highest BCUT2D eigenvalue weighted by atomic mass is 16.3. The highest BCUT2D eigenvalue weighted by Crippen LogP contribution is 2.14. The maximum Gasteiger partial charge on any atom is 0.323 e. The summed E-state index contributed by atoms with van der Waals surface area (Å²) in [6, 6.07) is 6.01. The van der Waals surface area contributed by atoms with Crippen molar-refractivity contribution in [3.8, 4) is 5.75 Å². The van der Waals surface area contributed by atoms with Gasteiger partial charge in [-0.1, -0.05) is 12.1 Å². The number of nitrogens with one attached hydrogen (secondary N) is 2. The van der Waals surface area contributed by atoms with E-state index in [9.17, 15) is 4.79 Å². The Labute approximate surface area is 82.3 Å². The molecule has 0 aliphatic heterocycles. The lowest BCUT2D eigenvalue weighted by Gasteiger charge is -2.04. The van der Waals surface area contributed by atoms with E-state index in [4.69, 9.17) is 5.11 Å². The van der Waals surface area contributed by atoms with Crippen molar-refractivity contribution in [2.75, 3.05) is 5.32 Å². The zero-order valence-corrected chi connectivity index (χ0v) is 7.82. The number of aromatic hydroxyl groups is 1. The van der Waals surface area contributed by atoms with Crippen LogP contribution in [0.5, 0.6) is 5.75 Å². The van der Waals surface area contributed by atoms with Crippen LogP contribution in [0.1, 0.15) is 6.92 Å². The Kier molecular flexibility index (Phi) is 3.55. The van der Waals surface area contributed by atoms with Gasteiger partial charge in [0.05, 0.1) is 0 Å². The molecule has 0 unspecified atom stereocenters. The Bertz CT molecular complexity index is 348. The highest BCUT2D eigenvalue weighted by molar-refractivity contribution is 5.89. The molecule has 0 saturated carbocycles. The van der Waals surface area contributed by atoms with Gasteiger partial charge in [-0.25, -0.2) is 4.79 Å². The van der Waals surface area contributed by atoms with Crippen LogP contribution >= 0.6 is 0 Å². The van der Waals surface area contributed by atoms with Crippen molar-refractivity contribution in [1.82, 2.24) is 5.32 Å². The third-order valence-corrected chi connectivity index (χ3v) is 1.49. The van der Waals surface area contributed by atoms with Gasteiger partial charge in [0, 0.05) is 18.0 Å². The van der Waals surface area contributed by atoms with Crippen LogP contribution in [0.3, 0.4) is 0 Å². The first-order valence-electron chi connectivity index (χ1n) is 4.20. The Morgan fingerprint density at radius 2 is 2.29 bits per heavy atom. The van der Waals surface area contributed by atoms with Gasteiger partial charge in [0.15, 0.2) is 0 Å². The second-order valence-corrected chi connectivity index (χ2v) is 2.65. The summed E-state index contributed by atoms with van der Waals surface area (Å²) in [6.45, 7) is 1.80. The average Bonchev–Trinajstić information content (AvgIpc) is 2.15. The Morgan fingerprint density at radius 3 is 2.93 bits per heavy atom. The van der Waals surface area contributed by atoms with E-state index in [2.05, 4.69) is 10.6 Å². The fraction of sp³-hybridized carbons (Fsp3) is 0.100. The summed E-state index contributed by atoms with van der Waals surface area (Å²) in [6.07, 6.45) is 3.24. The number of benzene rings is 1. The molecule has 0 heterocycles. The molecule has 14 heavy (non-hydrogen) atoms. The number of carbonyl (C=O) groups is 1. The van der Waals surface area contributed by atoms with E-state index in [1.807, 2.05) is 0 Å². The molecule has 0 fully saturated rings. The first kappa shape index (κ1) is 10.1. The molecule has 0 aliphatic carbocycles. The molecular formula is C10H12N2O2. The lowest BCUT2D eigenvalue weighted by molar-refractivity contribution is 0.255. The lowest BCUT2D eigenvalue weighted by Crippen LogP contribution is -2.23. The van der Waals surface area contributed by atoms with Crippen molar-refractivity contribution < 1.29 is 9.90 Å². The SMILES string of the molecule is C/C=C/NC(=O)Nc1cccc(O)c1. The third kappa shape index (κ3) is 3.18. The summed E-state index contributed by atoms with van der Waals surface area (Å²) >= 11 is 0. The molecule has 0 aliphatic rings. The largest absolute Gasteiger partial charge is 0.508 e. The number of allylic oxidation sites excluding steroid dienone is 1. The minimum atomic E-state index is -0.339. The normalized spacial score (nSPS) is 10.1. The number of amides is 2. The van der Waals surface area contributed by atoms with E-state index >= 15 is 0 Å². The number of phenolic OH excluding ortho intramolecular Hbond substituents is 1. The van der Waals surface area contributed by atoms with E-state index in [0.717, 1.165) is 0 Å². The molecule has 0 aromatic heterocycles. The van der Waals surface area contributed by atoms with Crippen LogP contribution in [0.4, 0.5) is 10.5 Å². The second kappa shape index (κ2) is 4.91. The molecule has 0 bridgehead atoms. The zero-order valence-electron chi connectivity index (χ0n) is 7.82. The molecule has 0 radical (unpaired) electrons. The van der Waals surface area contributed by atoms with Crippen molar-refractivity contribution in [2.24, 2.45) is 0 Å². The predicted octanol–water partition coefficient (Wildman–Crippen LogP) is 2.05. The Balaban J connectivity index is 2.56. The number of anilines is 1. The van der Waals surface area contributed by atoms with Gasteiger partial charge in [0.1, 0.15) is 5.75 Å². The first-order valence-corrected chi connectivity index (χ1v) is 4.20. The van der Waals surface area contributed by atoms with E-state index in [1.54, 1.807) is 25.1 Å². The number of phenols is 1. The Morgan fingerprint density at radius 1 is 1.50 bits per heavy atom. The number of urea groups is 1. The molecule has 1 rings (SSSR count). The maximum absolute atomic E-state index is 11.1. The minimum absolute atomic E-state index is 0.119. The van der Waals surface area contributed by atoms with Crippen molar-refractivity contribution >= 4 is 11.7 Å². The summed E-state index contributed by atoms with van der Waals surface area (Å²) in [5.74, 6) is 0.119. The molecular weight excluding hydrogens is 180 g/mol. The monoisotopic (exact) mass is 192 g/mol. The molecule has 0 spiro atoms. The molecule has 0 saturated heterocycles. The molecule has 3 N–H and O–H groups in total. The minimum Gasteiger partial charge on any atom is -0.508 e. The van der Waals surface area contributed by atoms with Gasteiger partial charge in [-0.05, 0) is 19.1 Å². The Hall–Kier alpha value is -1.97. The summed E-state index contributed by atoms with van der Waals surface area (Å²) < 4.78 is 0. The van der Waals surface area contributed by atoms with Crippen LogP contribution < -0.4 is 10.6 Å². The topological polar surface area (TPSA) is 61.4 Å². The fourth-order valence-electron chi connectivity index (χ4n) is 0.910. The predicted molar refractivity (Wildman–Crippen MR) is 55.1 cm³/mol. The van der Waals surface area contributed by atoms with Crippen molar-refractivity contribution in [1.29, 1.82) is 0 Å². The summed E-state index contributed by atoms with van der Waals surface area (Å²) in [5.41, 5.74) is 0.548. The standard InChI is InChI=1S/C10H12N2O2/c1-2-6-11-10(14)12-8-4-3-5-9(13)7-8/h2-7,13H,1H3,(H2,11,12,14)/b6-2+. The highest BCUT2D eigenvalue weighted by Gasteiger charge is 1.98. The summed E-state index contributed by atoms with van der Waals surface area (Å²) in [7, 11) is 0. The number of hydrogen-bond donors (Lipinski definition) is 3. The number of rotatable bonds is 2. The smallest absolute Gasteiger partial charge is 0.323 e. The van der Waals surface area contributed by atoms with Gasteiger partial charge in [-0.3, -0.25) is 0 Å². The van der Waals surface area contributed by atoms with Gasteiger partial charge in [0.25, 0.3) is 0 Å². The van der Waals surface area contributed by atoms with Gasteiger partial charge in [0.2, 0.25) is 0 Å². The molecule has 1 aromatic rings. The van der Waals surface area contributed by atoms with E-state index in [1.165, 1.54) is 18.3 Å². The quantitative estimate of drug-likeness (QED) is 0.671. The van der Waals surface area contributed by atoms with Crippen LogP contribution in [0.2, 0.25) is 0 Å². The first-order chi connectivity index (χ1) is 6.72. The molecule has 2 amide bonds. The molecule has 0 atom stereocenters. The van der Waals surface area contributed by atoms with Crippen molar-refractivity contribution in [2.45, 2.75) is 6.92 Å². The summed E-state index contributed by atoms with van der Waals surface area (Å²) in [5, 5.41) is 14.2. The van der Waals surface area contributed by atoms with Gasteiger partial charge >= 0.3 is 6.03 Å². The van der Waals surface area contributed by atoms with Gasteiger partial charge in [-0.15, -0.1) is 0 Å². The van der Waals surface area contributed by atoms with Crippen LogP contribution in [0.15, 0.2) is 36.5 Å². The van der Waals surface area contributed by atoms with Crippen LogP contribution in [0, 0.1) is 0 Å². The van der Waals surface area contributed by atoms with Crippen molar-refractivity contribution in [3.05, 3.63) is 36.5 Å². The average molecular weight is 192 g/mol. The number of hydrogen-bond acceptors (Lipinski definition) is 2. The number of carbonyl (C=O) groups excluding carboxylic acids is 1.